The van der Waals surface area contributed by atoms with Gasteiger partial charge >= 0.3 is 0 Å². The summed E-state index contributed by atoms with van der Waals surface area (Å²) in [5.41, 5.74) is 9.20. The van der Waals surface area contributed by atoms with Gasteiger partial charge in [-0.15, -0.1) is 0 Å². The van der Waals surface area contributed by atoms with Crippen LogP contribution < -0.4 is 5.73 Å². The summed E-state index contributed by atoms with van der Waals surface area (Å²) < 4.78 is 0. The van der Waals surface area contributed by atoms with Crippen LogP contribution in [0.25, 0.3) is 0 Å². The summed E-state index contributed by atoms with van der Waals surface area (Å²) in [5, 5.41) is 0. The van der Waals surface area contributed by atoms with Crippen molar-refractivity contribution in [2.75, 3.05) is 7.05 Å². The standard InChI is InChI=1S/C15H24N2S/c1-5-6-12(3)17(4)10-14-8-7-13(15(16)18)9-11(14)2/h7-9,12H,5-6,10H2,1-4H3,(H2,16,18). The molecule has 0 saturated heterocycles. The molecule has 0 aliphatic heterocycles. The molecule has 1 unspecified atom stereocenters. The quantitative estimate of drug-likeness (QED) is 0.800. The van der Waals surface area contributed by atoms with Gasteiger partial charge in [-0.1, -0.05) is 37.7 Å². The van der Waals surface area contributed by atoms with Gasteiger partial charge < -0.3 is 5.73 Å². The van der Waals surface area contributed by atoms with E-state index in [0.29, 0.717) is 11.0 Å². The van der Waals surface area contributed by atoms with Gasteiger partial charge in [-0.05, 0) is 44.5 Å². The van der Waals surface area contributed by atoms with E-state index in [1.165, 1.54) is 24.0 Å². The van der Waals surface area contributed by atoms with Crippen molar-refractivity contribution in [1.29, 1.82) is 0 Å². The van der Waals surface area contributed by atoms with Gasteiger partial charge in [0.2, 0.25) is 0 Å². The lowest BCUT2D eigenvalue weighted by molar-refractivity contribution is 0.236. The molecule has 0 aliphatic carbocycles. The summed E-state index contributed by atoms with van der Waals surface area (Å²) >= 11 is 5.00. The van der Waals surface area contributed by atoms with Crippen molar-refractivity contribution in [2.45, 2.75) is 46.2 Å². The van der Waals surface area contributed by atoms with Crippen LogP contribution in [-0.4, -0.2) is 23.0 Å². The van der Waals surface area contributed by atoms with E-state index in [9.17, 15) is 0 Å². The third-order valence-electron chi connectivity index (χ3n) is 3.51. The molecular formula is C15H24N2S. The lowest BCUT2D eigenvalue weighted by atomic mass is 10.0. The minimum atomic E-state index is 0.470. The van der Waals surface area contributed by atoms with Crippen molar-refractivity contribution in [3.63, 3.8) is 0 Å². The van der Waals surface area contributed by atoms with Crippen molar-refractivity contribution in [1.82, 2.24) is 4.90 Å². The molecule has 0 saturated carbocycles. The third kappa shape index (κ3) is 4.07. The molecule has 0 fully saturated rings. The molecule has 1 aromatic rings. The maximum atomic E-state index is 5.64. The van der Waals surface area contributed by atoms with Crippen molar-refractivity contribution >= 4 is 17.2 Å². The van der Waals surface area contributed by atoms with Crippen LogP contribution in [0.3, 0.4) is 0 Å². The fraction of sp³-hybridized carbons (Fsp3) is 0.533. The molecule has 18 heavy (non-hydrogen) atoms. The van der Waals surface area contributed by atoms with Crippen LogP contribution in [0.1, 0.15) is 43.4 Å². The molecule has 100 valence electrons. The van der Waals surface area contributed by atoms with Crippen molar-refractivity contribution in [3.05, 3.63) is 34.9 Å². The topological polar surface area (TPSA) is 29.3 Å². The number of nitrogens with two attached hydrogens (primary N) is 1. The highest BCUT2D eigenvalue weighted by molar-refractivity contribution is 7.80. The monoisotopic (exact) mass is 264 g/mol. The highest BCUT2D eigenvalue weighted by Gasteiger charge is 2.10. The highest BCUT2D eigenvalue weighted by atomic mass is 32.1. The lowest BCUT2D eigenvalue weighted by Crippen LogP contribution is -2.28. The molecule has 2 N–H and O–H groups in total. The van der Waals surface area contributed by atoms with E-state index >= 15 is 0 Å². The van der Waals surface area contributed by atoms with Crippen molar-refractivity contribution in [2.24, 2.45) is 5.73 Å². The molecule has 0 aromatic heterocycles. The Bertz CT molecular complexity index is 415. The summed E-state index contributed by atoms with van der Waals surface area (Å²) in [7, 11) is 2.18. The van der Waals surface area contributed by atoms with E-state index in [1.807, 2.05) is 6.07 Å². The Morgan fingerprint density at radius 2 is 2.11 bits per heavy atom. The SMILES string of the molecule is CCCC(C)N(C)Cc1ccc(C(N)=S)cc1C. The average Bonchev–Trinajstić information content (AvgIpc) is 2.31. The van der Waals surface area contributed by atoms with Gasteiger partial charge in [-0.25, -0.2) is 0 Å². The Balaban J connectivity index is 2.76. The van der Waals surface area contributed by atoms with Gasteiger partial charge in [0.05, 0.1) is 0 Å². The van der Waals surface area contributed by atoms with Crippen LogP contribution in [0, 0.1) is 6.92 Å². The Labute approximate surface area is 116 Å². The first-order valence-electron chi connectivity index (χ1n) is 6.55. The number of rotatable bonds is 6. The fourth-order valence-electron chi connectivity index (χ4n) is 2.09. The molecule has 0 heterocycles. The molecule has 1 rings (SSSR count). The van der Waals surface area contributed by atoms with Gasteiger partial charge in [-0.2, -0.15) is 0 Å². The second kappa shape index (κ2) is 6.86. The van der Waals surface area contributed by atoms with Crippen LogP contribution in [0.15, 0.2) is 18.2 Å². The molecule has 1 atom stereocenters. The van der Waals surface area contributed by atoms with Gasteiger partial charge in [0.1, 0.15) is 4.99 Å². The predicted octanol–water partition coefficient (Wildman–Crippen LogP) is 3.25. The zero-order valence-corrected chi connectivity index (χ0v) is 12.7. The highest BCUT2D eigenvalue weighted by Crippen LogP contribution is 2.15. The molecule has 0 radical (unpaired) electrons. The number of aryl methyl sites for hydroxylation is 1. The fourth-order valence-corrected chi connectivity index (χ4v) is 2.22. The number of hydrogen-bond donors (Lipinski definition) is 1. The van der Waals surface area contributed by atoms with E-state index in [2.05, 4.69) is 44.9 Å². The van der Waals surface area contributed by atoms with Gasteiger partial charge in [0.15, 0.2) is 0 Å². The molecule has 1 aromatic carbocycles. The number of benzene rings is 1. The Morgan fingerprint density at radius 1 is 1.44 bits per heavy atom. The summed E-state index contributed by atoms with van der Waals surface area (Å²) in [5.74, 6) is 0. The van der Waals surface area contributed by atoms with Gasteiger partial charge in [-0.3, -0.25) is 4.90 Å². The third-order valence-corrected chi connectivity index (χ3v) is 3.74. The smallest absolute Gasteiger partial charge is 0.103 e. The van der Waals surface area contributed by atoms with E-state index < -0.39 is 0 Å². The Morgan fingerprint density at radius 3 is 2.61 bits per heavy atom. The first kappa shape index (κ1) is 15.1. The number of nitrogens with zero attached hydrogens (tertiary/aromatic N) is 1. The predicted molar refractivity (Wildman–Crippen MR) is 82.9 cm³/mol. The molecule has 0 spiro atoms. The van der Waals surface area contributed by atoms with Crippen molar-refractivity contribution in [3.8, 4) is 0 Å². The second-order valence-electron chi connectivity index (χ2n) is 5.06. The van der Waals surface area contributed by atoms with Crippen LogP contribution in [0.5, 0.6) is 0 Å². The molecule has 2 nitrogen and oxygen atoms in total. The largest absolute Gasteiger partial charge is 0.389 e. The second-order valence-corrected chi connectivity index (χ2v) is 5.50. The Kier molecular flexibility index (Phi) is 5.76. The minimum absolute atomic E-state index is 0.470. The van der Waals surface area contributed by atoms with E-state index in [0.717, 1.165) is 12.1 Å². The maximum absolute atomic E-state index is 5.64. The van der Waals surface area contributed by atoms with E-state index in [1.54, 1.807) is 0 Å². The van der Waals surface area contributed by atoms with Crippen LogP contribution in [-0.2, 0) is 6.54 Å². The molecule has 0 aliphatic rings. The van der Waals surface area contributed by atoms with Crippen molar-refractivity contribution < 1.29 is 0 Å². The molecule has 3 heteroatoms. The van der Waals surface area contributed by atoms with Crippen LogP contribution in [0.4, 0.5) is 0 Å². The summed E-state index contributed by atoms with van der Waals surface area (Å²) in [6.45, 7) is 7.61. The summed E-state index contributed by atoms with van der Waals surface area (Å²) in [4.78, 5) is 2.86. The maximum Gasteiger partial charge on any atom is 0.103 e. The lowest BCUT2D eigenvalue weighted by Gasteiger charge is -2.25. The normalized spacial score (nSPS) is 12.7. The van der Waals surface area contributed by atoms with Gasteiger partial charge in [0, 0.05) is 18.2 Å². The summed E-state index contributed by atoms with van der Waals surface area (Å²) in [6, 6.07) is 6.85. The summed E-state index contributed by atoms with van der Waals surface area (Å²) in [6.07, 6.45) is 2.46. The molecule has 0 amide bonds. The average molecular weight is 264 g/mol. The molecule has 0 bridgehead atoms. The van der Waals surface area contributed by atoms with Gasteiger partial charge in [0.25, 0.3) is 0 Å². The zero-order valence-electron chi connectivity index (χ0n) is 11.9. The first-order valence-corrected chi connectivity index (χ1v) is 6.96. The van der Waals surface area contributed by atoms with Crippen LogP contribution >= 0.6 is 12.2 Å². The number of thiocarbonyl (C=S) groups is 1. The minimum Gasteiger partial charge on any atom is -0.389 e. The Hall–Kier alpha value is -0.930. The van der Waals surface area contributed by atoms with E-state index in [-0.39, 0.29) is 0 Å². The van der Waals surface area contributed by atoms with Crippen LogP contribution in [0.2, 0.25) is 0 Å². The first-order chi connectivity index (χ1) is 8.45. The molecular weight excluding hydrogens is 240 g/mol. The van der Waals surface area contributed by atoms with E-state index in [4.69, 9.17) is 18.0 Å². The zero-order chi connectivity index (χ0) is 13.7. The number of hydrogen-bond acceptors (Lipinski definition) is 2.